The van der Waals surface area contributed by atoms with Gasteiger partial charge in [0.25, 0.3) is 5.24 Å². The van der Waals surface area contributed by atoms with Gasteiger partial charge in [0, 0.05) is 23.7 Å². The second-order valence-electron chi connectivity index (χ2n) is 7.43. The predicted molar refractivity (Wildman–Crippen MR) is 120 cm³/mol. The van der Waals surface area contributed by atoms with Gasteiger partial charge in [-0.1, -0.05) is 30.3 Å². The molecule has 1 aromatic heterocycles. The van der Waals surface area contributed by atoms with Crippen LogP contribution < -0.4 is 10.1 Å². The van der Waals surface area contributed by atoms with E-state index in [2.05, 4.69) is 10.3 Å². The molecule has 0 radical (unpaired) electrons. The molecule has 0 bridgehead atoms. The summed E-state index contributed by atoms with van der Waals surface area (Å²) in [6.07, 6.45) is 3.03. The highest BCUT2D eigenvalue weighted by Crippen LogP contribution is 2.23. The largest absolute Gasteiger partial charge is 0.493 e. The van der Waals surface area contributed by atoms with Crippen LogP contribution in [0.5, 0.6) is 5.75 Å². The normalized spacial score (nSPS) is 15.8. The van der Waals surface area contributed by atoms with Crippen molar-refractivity contribution in [3.63, 3.8) is 0 Å². The van der Waals surface area contributed by atoms with Gasteiger partial charge < -0.3 is 14.5 Å². The number of nitrogens with zero attached hydrogens (tertiary/aromatic N) is 1. The van der Waals surface area contributed by atoms with E-state index < -0.39 is 0 Å². The van der Waals surface area contributed by atoms with Gasteiger partial charge in [0.05, 0.1) is 18.3 Å². The molecule has 3 aromatic rings. The number of carbonyl (C=O) groups excluding carboxylic acids is 2. The number of hydrogen-bond acceptors (Lipinski definition) is 6. The molecule has 1 aliphatic heterocycles. The number of carbonyl (C=O) groups is 2. The molecule has 1 aliphatic rings. The molecule has 0 spiro atoms. The first kappa shape index (κ1) is 21.2. The molecule has 1 fully saturated rings. The van der Waals surface area contributed by atoms with Gasteiger partial charge in [-0.25, -0.2) is 4.98 Å². The van der Waals surface area contributed by atoms with Crippen molar-refractivity contribution in [1.82, 2.24) is 10.3 Å². The van der Waals surface area contributed by atoms with Crippen LogP contribution in [0.1, 0.15) is 29.9 Å². The van der Waals surface area contributed by atoms with Gasteiger partial charge in [-0.3, -0.25) is 9.59 Å². The second-order valence-corrected chi connectivity index (χ2v) is 8.41. The third-order valence-electron chi connectivity index (χ3n) is 5.17. The molecule has 1 amide bonds. The van der Waals surface area contributed by atoms with E-state index >= 15 is 0 Å². The topological polar surface area (TPSA) is 81.4 Å². The number of thioether (sulfide) groups is 1. The minimum atomic E-state index is -0.345. The molecule has 31 heavy (non-hydrogen) atoms. The fourth-order valence-corrected chi connectivity index (χ4v) is 4.18. The Kier molecular flexibility index (Phi) is 6.72. The molecule has 1 saturated heterocycles. The summed E-state index contributed by atoms with van der Waals surface area (Å²) in [6, 6.07) is 17.5. The van der Waals surface area contributed by atoms with Gasteiger partial charge in [0.2, 0.25) is 11.0 Å². The van der Waals surface area contributed by atoms with Gasteiger partial charge in [0.1, 0.15) is 11.5 Å². The summed E-state index contributed by atoms with van der Waals surface area (Å²) in [5.41, 5.74) is 3.05. The summed E-state index contributed by atoms with van der Waals surface area (Å²) in [4.78, 5) is 27.4. The molecular formula is C24H24N2O4S. The first-order valence-electron chi connectivity index (χ1n) is 10.3. The standard InChI is InChI=1S/C24H24N2O4S/c1-16-20(25-22(30-16)18-7-3-2-4-8-18)14-15-29-19-12-10-17(11-13-19)6-5-9-21-23(27)31-24(28)26-21/h2-4,7-8,10-13,21H,5-6,9,14-15H2,1H3,(H,26,28). The average Bonchev–Trinajstić information content (AvgIpc) is 3.31. The van der Waals surface area contributed by atoms with Crippen LogP contribution in [0.3, 0.4) is 0 Å². The van der Waals surface area contributed by atoms with Crippen molar-refractivity contribution in [1.29, 1.82) is 0 Å². The molecule has 2 heterocycles. The predicted octanol–water partition coefficient (Wildman–Crippen LogP) is 4.95. The summed E-state index contributed by atoms with van der Waals surface area (Å²) in [5.74, 6) is 2.26. The maximum Gasteiger partial charge on any atom is 0.287 e. The van der Waals surface area contributed by atoms with Crippen LogP contribution in [0, 0.1) is 6.92 Å². The van der Waals surface area contributed by atoms with E-state index in [9.17, 15) is 9.59 Å². The average molecular weight is 437 g/mol. The number of aromatic nitrogens is 1. The second kappa shape index (κ2) is 9.83. The molecular weight excluding hydrogens is 412 g/mol. The number of amides is 1. The number of nitrogens with one attached hydrogen (secondary N) is 1. The minimum Gasteiger partial charge on any atom is -0.493 e. The summed E-state index contributed by atoms with van der Waals surface area (Å²) in [5, 5.41) is 2.37. The highest BCUT2D eigenvalue weighted by molar-refractivity contribution is 8.26. The van der Waals surface area contributed by atoms with Gasteiger partial charge in [-0.05, 0) is 56.0 Å². The fourth-order valence-electron chi connectivity index (χ4n) is 3.48. The minimum absolute atomic E-state index is 0.0769. The van der Waals surface area contributed by atoms with Crippen molar-refractivity contribution in [2.75, 3.05) is 6.61 Å². The Balaban J connectivity index is 1.22. The highest BCUT2D eigenvalue weighted by Gasteiger charge is 2.30. The maximum absolute atomic E-state index is 11.6. The highest BCUT2D eigenvalue weighted by atomic mass is 32.2. The third kappa shape index (κ3) is 5.55. The Morgan fingerprint density at radius 3 is 2.55 bits per heavy atom. The van der Waals surface area contributed by atoms with Crippen LogP contribution in [0.25, 0.3) is 11.5 Å². The Labute approximate surface area is 185 Å². The first-order valence-corrected chi connectivity index (χ1v) is 11.2. The molecule has 0 saturated carbocycles. The number of oxazole rings is 1. The molecule has 6 nitrogen and oxygen atoms in total. The molecule has 160 valence electrons. The quantitative estimate of drug-likeness (QED) is 0.511. The van der Waals surface area contributed by atoms with E-state index in [1.165, 1.54) is 5.56 Å². The SMILES string of the molecule is Cc1oc(-c2ccccc2)nc1CCOc1ccc(CCCC2NC(=O)SC2=O)cc1. The first-order chi connectivity index (χ1) is 15.1. The lowest BCUT2D eigenvalue weighted by molar-refractivity contribution is -0.112. The van der Waals surface area contributed by atoms with Crippen LogP contribution in [-0.4, -0.2) is 28.0 Å². The Bertz CT molecular complexity index is 1050. The number of benzene rings is 2. The molecule has 4 rings (SSSR count). The Morgan fingerprint density at radius 1 is 1.06 bits per heavy atom. The van der Waals surface area contributed by atoms with Crippen molar-refractivity contribution < 1.29 is 18.7 Å². The number of aryl methyl sites for hydroxylation is 2. The zero-order valence-electron chi connectivity index (χ0n) is 17.3. The van der Waals surface area contributed by atoms with Crippen LogP contribution in [0.4, 0.5) is 4.79 Å². The van der Waals surface area contributed by atoms with Crippen molar-refractivity contribution >= 4 is 22.1 Å². The van der Waals surface area contributed by atoms with E-state index in [4.69, 9.17) is 9.15 Å². The zero-order valence-corrected chi connectivity index (χ0v) is 18.1. The fraction of sp³-hybridized carbons (Fsp3) is 0.292. The van der Waals surface area contributed by atoms with Crippen molar-refractivity contribution in [3.05, 3.63) is 71.6 Å². The summed E-state index contributed by atoms with van der Waals surface area (Å²) >= 11 is 0.768. The van der Waals surface area contributed by atoms with Crippen molar-refractivity contribution in [2.24, 2.45) is 0 Å². The van der Waals surface area contributed by atoms with Crippen molar-refractivity contribution in [2.45, 2.75) is 38.6 Å². The molecule has 1 unspecified atom stereocenters. The molecule has 1 atom stereocenters. The number of rotatable bonds is 9. The molecule has 7 heteroatoms. The van der Waals surface area contributed by atoms with E-state index in [0.717, 1.165) is 47.4 Å². The molecule has 0 aliphatic carbocycles. The lowest BCUT2D eigenvalue weighted by atomic mass is 10.1. The van der Waals surface area contributed by atoms with E-state index in [-0.39, 0.29) is 16.4 Å². The van der Waals surface area contributed by atoms with Crippen LogP contribution in [0.15, 0.2) is 59.0 Å². The summed E-state index contributed by atoms with van der Waals surface area (Å²) < 4.78 is 11.7. The Morgan fingerprint density at radius 2 is 1.84 bits per heavy atom. The Hall–Kier alpha value is -3.06. The summed E-state index contributed by atoms with van der Waals surface area (Å²) in [7, 11) is 0. The van der Waals surface area contributed by atoms with Gasteiger partial charge >= 0.3 is 0 Å². The smallest absolute Gasteiger partial charge is 0.287 e. The molecule has 2 aromatic carbocycles. The van der Waals surface area contributed by atoms with E-state index in [1.54, 1.807) is 0 Å². The van der Waals surface area contributed by atoms with Gasteiger partial charge in [0.15, 0.2) is 0 Å². The lowest BCUT2D eigenvalue weighted by Gasteiger charge is -2.09. The number of hydrogen-bond donors (Lipinski definition) is 1. The number of ether oxygens (including phenoxy) is 1. The van der Waals surface area contributed by atoms with Gasteiger partial charge in [-0.15, -0.1) is 0 Å². The van der Waals surface area contributed by atoms with Crippen molar-refractivity contribution in [3.8, 4) is 17.2 Å². The van der Waals surface area contributed by atoms with E-state index in [0.29, 0.717) is 25.3 Å². The van der Waals surface area contributed by atoms with Gasteiger partial charge in [-0.2, -0.15) is 0 Å². The lowest BCUT2D eigenvalue weighted by Crippen LogP contribution is -2.28. The molecule has 1 N–H and O–H groups in total. The maximum atomic E-state index is 11.6. The van der Waals surface area contributed by atoms with Crippen LogP contribution >= 0.6 is 11.8 Å². The monoisotopic (exact) mass is 436 g/mol. The summed E-state index contributed by atoms with van der Waals surface area (Å²) in [6.45, 7) is 2.44. The van der Waals surface area contributed by atoms with E-state index in [1.807, 2.05) is 61.5 Å². The van der Waals surface area contributed by atoms with Crippen LogP contribution in [0.2, 0.25) is 0 Å². The van der Waals surface area contributed by atoms with Crippen LogP contribution in [-0.2, 0) is 17.6 Å². The third-order valence-corrected chi connectivity index (χ3v) is 5.96. The zero-order chi connectivity index (χ0) is 21.6.